The Hall–Kier alpha value is -1.82. The second-order valence-corrected chi connectivity index (χ2v) is 6.73. The fourth-order valence-electron chi connectivity index (χ4n) is 2.75. The lowest BCUT2D eigenvalue weighted by Crippen LogP contribution is -2.49. The smallest absolute Gasteiger partial charge is 0.321 e. The minimum atomic E-state index is -0.507. The fourth-order valence-corrected chi connectivity index (χ4v) is 3.13. The van der Waals surface area contributed by atoms with Crippen molar-refractivity contribution in [2.75, 3.05) is 31.5 Å². The molecule has 1 N–H and O–H groups in total. The van der Waals surface area contributed by atoms with Crippen LogP contribution < -0.4 is 5.32 Å². The summed E-state index contributed by atoms with van der Waals surface area (Å²) in [6, 6.07) is 11.7. The number of rotatable bonds is 3. The molecular formula is C18H18Cl2FN3O. The Morgan fingerprint density at radius 2 is 1.76 bits per heavy atom. The molecule has 0 aromatic heterocycles. The van der Waals surface area contributed by atoms with Crippen molar-refractivity contribution >= 4 is 34.9 Å². The predicted octanol–water partition coefficient (Wildman–Crippen LogP) is 4.48. The van der Waals surface area contributed by atoms with Gasteiger partial charge < -0.3 is 10.2 Å². The number of halogens is 3. The first-order chi connectivity index (χ1) is 12.0. The van der Waals surface area contributed by atoms with E-state index in [2.05, 4.69) is 10.2 Å². The summed E-state index contributed by atoms with van der Waals surface area (Å²) in [5.74, 6) is -0.507. The summed E-state index contributed by atoms with van der Waals surface area (Å²) in [7, 11) is 0. The molecule has 0 radical (unpaired) electrons. The van der Waals surface area contributed by atoms with Gasteiger partial charge in [0.1, 0.15) is 5.82 Å². The highest BCUT2D eigenvalue weighted by molar-refractivity contribution is 6.31. The van der Waals surface area contributed by atoms with Crippen molar-refractivity contribution in [2.24, 2.45) is 0 Å². The second-order valence-electron chi connectivity index (χ2n) is 5.91. The molecule has 1 aliphatic heterocycles. The number of carbonyl (C=O) groups excluding carboxylic acids is 1. The molecule has 1 fully saturated rings. The molecule has 2 amide bonds. The summed E-state index contributed by atoms with van der Waals surface area (Å²) in [4.78, 5) is 16.3. The number of anilines is 1. The van der Waals surface area contributed by atoms with E-state index in [4.69, 9.17) is 23.2 Å². The van der Waals surface area contributed by atoms with E-state index in [0.717, 1.165) is 30.2 Å². The van der Waals surface area contributed by atoms with E-state index in [-0.39, 0.29) is 11.1 Å². The Kier molecular flexibility index (Phi) is 5.78. The molecule has 2 aromatic carbocycles. The number of nitrogens with one attached hydrogen (secondary N) is 1. The summed E-state index contributed by atoms with van der Waals surface area (Å²) in [6.45, 7) is 3.53. The number of hydrogen-bond donors (Lipinski definition) is 1. The minimum Gasteiger partial charge on any atom is -0.322 e. The number of piperazine rings is 1. The molecule has 7 heteroatoms. The van der Waals surface area contributed by atoms with Crippen molar-refractivity contribution in [3.8, 4) is 0 Å². The molecule has 1 saturated heterocycles. The molecule has 0 aliphatic carbocycles. The standard InChI is InChI=1S/C18H18Cl2FN3O/c19-15-4-2-1-3-13(15)12-23-7-9-24(10-8-23)18(25)22-14-5-6-17(21)16(20)11-14/h1-6,11H,7-10,12H2,(H,22,25). The van der Waals surface area contributed by atoms with Crippen LogP contribution in [0.4, 0.5) is 14.9 Å². The Morgan fingerprint density at radius 1 is 1.04 bits per heavy atom. The van der Waals surface area contributed by atoms with Crippen LogP contribution in [0.3, 0.4) is 0 Å². The monoisotopic (exact) mass is 381 g/mol. The van der Waals surface area contributed by atoms with Crippen molar-refractivity contribution in [3.63, 3.8) is 0 Å². The van der Waals surface area contributed by atoms with E-state index in [1.54, 1.807) is 4.90 Å². The van der Waals surface area contributed by atoms with Gasteiger partial charge >= 0.3 is 6.03 Å². The number of urea groups is 1. The van der Waals surface area contributed by atoms with Gasteiger partial charge in [0.2, 0.25) is 0 Å². The Labute approximate surface area is 156 Å². The number of amides is 2. The molecule has 0 bridgehead atoms. The normalized spacial score (nSPS) is 15.2. The SMILES string of the molecule is O=C(Nc1ccc(F)c(Cl)c1)N1CCN(Cc2ccccc2Cl)CC1. The Morgan fingerprint density at radius 3 is 2.44 bits per heavy atom. The zero-order valence-corrected chi connectivity index (χ0v) is 15.0. The molecule has 4 nitrogen and oxygen atoms in total. The molecule has 3 rings (SSSR count). The van der Waals surface area contributed by atoms with Gasteiger partial charge in [-0.25, -0.2) is 9.18 Å². The quantitative estimate of drug-likeness (QED) is 0.850. The maximum atomic E-state index is 13.2. The topological polar surface area (TPSA) is 35.6 Å². The molecule has 0 atom stereocenters. The van der Waals surface area contributed by atoms with E-state index in [9.17, 15) is 9.18 Å². The van der Waals surface area contributed by atoms with Crippen molar-refractivity contribution < 1.29 is 9.18 Å². The van der Waals surface area contributed by atoms with Gasteiger partial charge in [-0.2, -0.15) is 0 Å². The maximum absolute atomic E-state index is 13.2. The van der Waals surface area contributed by atoms with Gasteiger partial charge in [-0.05, 0) is 29.8 Å². The van der Waals surface area contributed by atoms with Crippen molar-refractivity contribution in [2.45, 2.75) is 6.54 Å². The molecule has 2 aromatic rings. The van der Waals surface area contributed by atoms with Gasteiger partial charge in [0.15, 0.2) is 0 Å². The van der Waals surface area contributed by atoms with Crippen LogP contribution in [0, 0.1) is 5.82 Å². The molecule has 1 aliphatic rings. The van der Waals surface area contributed by atoms with E-state index in [0.29, 0.717) is 18.8 Å². The zero-order chi connectivity index (χ0) is 17.8. The molecule has 0 spiro atoms. The fraction of sp³-hybridized carbons (Fsp3) is 0.278. The lowest BCUT2D eigenvalue weighted by molar-refractivity contribution is 0.143. The first-order valence-corrected chi connectivity index (χ1v) is 8.75. The summed E-state index contributed by atoms with van der Waals surface area (Å²) in [5.41, 5.74) is 1.57. The summed E-state index contributed by atoms with van der Waals surface area (Å²) in [6.07, 6.45) is 0. The van der Waals surface area contributed by atoms with Crippen LogP contribution in [-0.4, -0.2) is 42.0 Å². The van der Waals surface area contributed by atoms with E-state index >= 15 is 0 Å². The molecule has 0 saturated carbocycles. The summed E-state index contributed by atoms with van der Waals surface area (Å²) in [5, 5.41) is 3.50. The average Bonchev–Trinajstić information content (AvgIpc) is 2.61. The van der Waals surface area contributed by atoms with Crippen LogP contribution in [0.1, 0.15) is 5.56 Å². The van der Waals surface area contributed by atoms with Gasteiger partial charge in [0, 0.05) is 43.4 Å². The molecular weight excluding hydrogens is 364 g/mol. The van der Waals surface area contributed by atoms with Gasteiger partial charge in [-0.3, -0.25) is 4.90 Å². The van der Waals surface area contributed by atoms with Gasteiger partial charge in [0.05, 0.1) is 5.02 Å². The first-order valence-electron chi connectivity index (χ1n) is 7.99. The highest BCUT2D eigenvalue weighted by Crippen LogP contribution is 2.20. The lowest BCUT2D eigenvalue weighted by atomic mass is 10.2. The van der Waals surface area contributed by atoms with Gasteiger partial charge in [-0.1, -0.05) is 41.4 Å². The van der Waals surface area contributed by atoms with Crippen molar-refractivity contribution in [1.82, 2.24) is 9.80 Å². The van der Waals surface area contributed by atoms with E-state index < -0.39 is 5.82 Å². The average molecular weight is 382 g/mol. The molecule has 1 heterocycles. The van der Waals surface area contributed by atoms with Crippen molar-refractivity contribution in [3.05, 3.63) is 63.9 Å². The van der Waals surface area contributed by atoms with E-state index in [1.807, 2.05) is 24.3 Å². The third-order valence-corrected chi connectivity index (χ3v) is 4.84. The van der Waals surface area contributed by atoms with Crippen LogP contribution in [-0.2, 0) is 6.54 Å². The van der Waals surface area contributed by atoms with Crippen LogP contribution in [0.2, 0.25) is 10.0 Å². The minimum absolute atomic E-state index is 0.0117. The molecule has 25 heavy (non-hydrogen) atoms. The zero-order valence-electron chi connectivity index (χ0n) is 13.5. The third kappa shape index (κ3) is 4.63. The second kappa shape index (κ2) is 8.04. The molecule has 132 valence electrons. The predicted molar refractivity (Wildman–Crippen MR) is 98.7 cm³/mol. The lowest BCUT2D eigenvalue weighted by Gasteiger charge is -2.34. The highest BCUT2D eigenvalue weighted by Gasteiger charge is 2.21. The largest absolute Gasteiger partial charge is 0.322 e. The van der Waals surface area contributed by atoms with Crippen LogP contribution >= 0.6 is 23.2 Å². The first kappa shape index (κ1) is 18.0. The maximum Gasteiger partial charge on any atom is 0.321 e. The number of nitrogens with zero attached hydrogens (tertiary/aromatic N) is 2. The van der Waals surface area contributed by atoms with Crippen LogP contribution in [0.25, 0.3) is 0 Å². The van der Waals surface area contributed by atoms with Crippen molar-refractivity contribution in [1.29, 1.82) is 0 Å². The summed E-state index contributed by atoms with van der Waals surface area (Å²) >= 11 is 11.9. The number of hydrogen-bond acceptors (Lipinski definition) is 2. The van der Waals surface area contributed by atoms with Crippen LogP contribution in [0.5, 0.6) is 0 Å². The van der Waals surface area contributed by atoms with Crippen LogP contribution in [0.15, 0.2) is 42.5 Å². The van der Waals surface area contributed by atoms with Gasteiger partial charge in [-0.15, -0.1) is 0 Å². The summed E-state index contributed by atoms with van der Waals surface area (Å²) < 4.78 is 13.2. The number of carbonyl (C=O) groups is 1. The Bertz CT molecular complexity index is 764. The third-order valence-electron chi connectivity index (χ3n) is 4.18. The highest BCUT2D eigenvalue weighted by atomic mass is 35.5. The van der Waals surface area contributed by atoms with Gasteiger partial charge in [0.25, 0.3) is 0 Å². The van der Waals surface area contributed by atoms with E-state index in [1.165, 1.54) is 18.2 Å². The molecule has 0 unspecified atom stereocenters. The number of benzene rings is 2. The Balaban J connectivity index is 1.52.